The van der Waals surface area contributed by atoms with Crippen LogP contribution in [0.25, 0.3) is 10.9 Å². The van der Waals surface area contributed by atoms with Crippen LogP contribution in [0.2, 0.25) is 0 Å². The number of rotatable bonds is 5. The first-order chi connectivity index (χ1) is 11.5. The Labute approximate surface area is 144 Å². The van der Waals surface area contributed by atoms with Crippen molar-refractivity contribution in [1.29, 1.82) is 0 Å². The summed E-state index contributed by atoms with van der Waals surface area (Å²) in [6, 6.07) is 6.59. The van der Waals surface area contributed by atoms with Crippen LogP contribution in [0.5, 0.6) is 0 Å². The molecule has 3 N–H and O–H groups in total. The highest BCUT2D eigenvalue weighted by molar-refractivity contribution is 5.99. The number of carbonyl (C=O) groups is 1. The summed E-state index contributed by atoms with van der Waals surface area (Å²) in [5.74, 6) is 0.589. The fourth-order valence-corrected chi connectivity index (χ4v) is 4.02. The number of nitrogens with one attached hydrogen (secondary N) is 1. The van der Waals surface area contributed by atoms with E-state index in [1.54, 1.807) is 0 Å². The smallest absolute Gasteiger partial charge is 0.251 e. The van der Waals surface area contributed by atoms with Crippen molar-refractivity contribution in [1.82, 2.24) is 9.88 Å². The summed E-state index contributed by atoms with van der Waals surface area (Å²) in [5, 5.41) is 4.22. The van der Waals surface area contributed by atoms with E-state index >= 15 is 0 Å². The molecule has 0 saturated heterocycles. The van der Waals surface area contributed by atoms with Gasteiger partial charge in [-0.15, -0.1) is 0 Å². The highest BCUT2D eigenvalue weighted by Gasteiger charge is 2.26. The molecule has 1 atom stereocenters. The van der Waals surface area contributed by atoms with Crippen LogP contribution >= 0.6 is 0 Å². The molecule has 1 unspecified atom stereocenters. The van der Waals surface area contributed by atoms with E-state index < -0.39 is 0 Å². The zero-order chi connectivity index (χ0) is 17.3. The van der Waals surface area contributed by atoms with Crippen LogP contribution in [0.1, 0.15) is 73.6 Å². The van der Waals surface area contributed by atoms with Gasteiger partial charge in [-0.1, -0.05) is 6.92 Å². The Hall–Kier alpha value is -1.81. The first kappa shape index (κ1) is 17.0. The molecule has 1 aliphatic carbocycles. The third kappa shape index (κ3) is 2.95. The fourth-order valence-electron chi connectivity index (χ4n) is 4.02. The molecule has 3 rings (SSSR count). The van der Waals surface area contributed by atoms with Gasteiger partial charge in [0.1, 0.15) is 0 Å². The van der Waals surface area contributed by atoms with Gasteiger partial charge in [0.15, 0.2) is 0 Å². The molecule has 1 heterocycles. The molecule has 1 amide bonds. The molecule has 130 valence electrons. The summed E-state index contributed by atoms with van der Waals surface area (Å²) in [7, 11) is 0. The number of hydrogen-bond donors (Lipinski definition) is 2. The summed E-state index contributed by atoms with van der Waals surface area (Å²) in [5.41, 5.74) is 10.4. The van der Waals surface area contributed by atoms with Crippen molar-refractivity contribution in [2.75, 3.05) is 13.1 Å². The zero-order valence-corrected chi connectivity index (χ0v) is 15.1. The van der Waals surface area contributed by atoms with Gasteiger partial charge in [-0.3, -0.25) is 4.79 Å². The van der Waals surface area contributed by atoms with Crippen LogP contribution < -0.4 is 11.1 Å². The Morgan fingerprint density at radius 1 is 1.42 bits per heavy atom. The number of aryl methyl sites for hydroxylation is 1. The fraction of sp³-hybridized carbons (Fsp3) is 0.550. The lowest BCUT2D eigenvalue weighted by Gasteiger charge is -2.24. The number of carbonyl (C=O) groups excluding carboxylic acids is 1. The topological polar surface area (TPSA) is 60.0 Å². The van der Waals surface area contributed by atoms with Crippen LogP contribution in [0.15, 0.2) is 18.2 Å². The van der Waals surface area contributed by atoms with Crippen molar-refractivity contribution >= 4 is 16.8 Å². The predicted octanol–water partition coefficient (Wildman–Crippen LogP) is 3.74. The van der Waals surface area contributed by atoms with Gasteiger partial charge in [0, 0.05) is 34.7 Å². The second-order valence-corrected chi connectivity index (χ2v) is 7.25. The number of nitrogens with two attached hydrogens (primary N) is 1. The number of aromatic nitrogens is 1. The Morgan fingerprint density at radius 3 is 2.92 bits per heavy atom. The van der Waals surface area contributed by atoms with E-state index in [0.717, 1.165) is 18.4 Å². The minimum absolute atomic E-state index is 0.000236. The number of benzene rings is 1. The molecule has 0 aliphatic heterocycles. The van der Waals surface area contributed by atoms with Gasteiger partial charge >= 0.3 is 0 Å². The third-order valence-corrected chi connectivity index (χ3v) is 5.13. The van der Waals surface area contributed by atoms with Crippen molar-refractivity contribution in [3.05, 3.63) is 35.0 Å². The minimum atomic E-state index is 0.000236. The average Bonchev–Trinajstić information content (AvgIpc) is 2.90. The molecule has 0 spiro atoms. The quantitative estimate of drug-likeness (QED) is 0.822. The van der Waals surface area contributed by atoms with Crippen molar-refractivity contribution in [2.24, 2.45) is 5.73 Å². The maximum atomic E-state index is 12.4. The van der Waals surface area contributed by atoms with E-state index in [2.05, 4.69) is 42.8 Å². The van der Waals surface area contributed by atoms with Gasteiger partial charge in [-0.2, -0.15) is 0 Å². The molecule has 1 aliphatic rings. The molecule has 1 aromatic heterocycles. The molecule has 24 heavy (non-hydrogen) atoms. The number of nitrogens with zero attached hydrogens (tertiary/aromatic N) is 1. The number of fused-ring (bicyclic) bond motifs is 3. The molecule has 2 aromatic rings. The van der Waals surface area contributed by atoms with Crippen molar-refractivity contribution in [3.63, 3.8) is 0 Å². The molecular formula is C20H29N3O. The summed E-state index contributed by atoms with van der Waals surface area (Å²) in [6.45, 7) is 8.05. The van der Waals surface area contributed by atoms with Crippen LogP contribution in [0.3, 0.4) is 0 Å². The maximum absolute atomic E-state index is 12.4. The van der Waals surface area contributed by atoms with Gasteiger partial charge in [-0.05, 0) is 75.8 Å². The molecular weight excluding hydrogens is 298 g/mol. The van der Waals surface area contributed by atoms with E-state index in [9.17, 15) is 4.79 Å². The highest BCUT2D eigenvalue weighted by atomic mass is 16.1. The highest BCUT2D eigenvalue weighted by Crippen LogP contribution is 2.40. The largest absolute Gasteiger partial charge is 0.352 e. The van der Waals surface area contributed by atoms with Crippen LogP contribution in [-0.4, -0.2) is 23.6 Å². The van der Waals surface area contributed by atoms with E-state index in [-0.39, 0.29) is 5.91 Å². The van der Waals surface area contributed by atoms with Gasteiger partial charge in [-0.25, -0.2) is 0 Å². The maximum Gasteiger partial charge on any atom is 0.251 e. The summed E-state index contributed by atoms with van der Waals surface area (Å²) >= 11 is 0. The van der Waals surface area contributed by atoms with Crippen molar-refractivity contribution < 1.29 is 4.79 Å². The number of amides is 1. The van der Waals surface area contributed by atoms with Gasteiger partial charge in [0.25, 0.3) is 5.91 Å². The molecule has 1 aromatic carbocycles. The Kier molecular flexibility index (Phi) is 4.95. The molecule has 0 saturated carbocycles. The zero-order valence-electron chi connectivity index (χ0n) is 15.1. The van der Waals surface area contributed by atoms with E-state index in [1.165, 1.54) is 35.0 Å². The van der Waals surface area contributed by atoms with Gasteiger partial charge < -0.3 is 15.6 Å². The average molecular weight is 327 g/mol. The van der Waals surface area contributed by atoms with Gasteiger partial charge in [0.2, 0.25) is 0 Å². The summed E-state index contributed by atoms with van der Waals surface area (Å²) in [6.07, 6.45) is 4.42. The molecule has 0 radical (unpaired) electrons. The first-order valence-corrected chi connectivity index (χ1v) is 9.19. The Morgan fingerprint density at radius 2 is 2.21 bits per heavy atom. The predicted molar refractivity (Wildman–Crippen MR) is 99.7 cm³/mol. The van der Waals surface area contributed by atoms with Crippen molar-refractivity contribution in [2.45, 2.75) is 58.4 Å². The van der Waals surface area contributed by atoms with E-state index in [4.69, 9.17) is 5.73 Å². The second kappa shape index (κ2) is 6.98. The lowest BCUT2D eigenvalue weighted by molar-refractivity contribution is 0.0953. The van der Waals surface area contributed by atoms with Gasteiger partial charge in [0.05, 0.1) is 0 Å². The molecule has 4 nitrogen and oxygen atoms in total. The monoisotopic (exact) mass is 327 g/mol. The SMILES string of the molecule is CC1CCCc2c1n(C(C)C)c1ccc(C(=O)NCCCN)cc21. The minimum Gasteiger partial charge on any atom is -0.352 e. The first-order valence-electron chi connectivity index (χ1n) is 9.19. The van der Waals surface area contributed by atoms with Crippen LogP contribution in [0, 0.1) is 0 Å². The Bertz CT molecular complexity index is 745. The second-order valence-electron chi connectivity index (χ2n) is 7.25. The van der Waals surface area contributed by atoms with E-state index in [0.29, 0.717) is 25.0 Å². The van der Waals surface area contributed by atoms with E-state index in [1.807, 2.05) is 6.07 Å². The number of hydrogen-bond acceptors (Lipinski definition) is 2. The normalized spacial score (nSPS) is 17.3. The van der Waals surface area contributed by atoms with Crippen LogP contribution in [0.4, 0.5) is 0 Å². The third-order valence-electron chi connectivity index (χ3n) is 5.13. The molecule has 0 fully saturated rings. The summed E-state index contributed by atoms with van der Waals surface area (Å²) in [4.78, 5) is 12.4. The van der Waals surface area contributed by atoms with Crippen LogP contribution in [-0.2, 0) is 6.42 Å². The molecule has 0 bridgehead atoms. The lowest BCUT2D eigenvalue weighted by atomic mass is 9.87. The standard InChI is InChI=1S/C20H29N3O/c1-13(2)23-18-9-8-15(20(24)22-11-5-10-21)12-17(18)16-7-4-6-14(3)19(16)23/h8-9,12-14H,4-7,10-11,21H2,1-3H3,(H,22,24). The Balaban J connectivity index is 2.05. The molecule has 4 heteroatoms. The summed E-state index contributed by atoms with van der Waals surface area (Å²) < 4.78 is 2.48. The van der Waals surface area contributed by atoms with Crippen molar-refractivity contribution in [3.8, 4) is 0 Å². The lowest BCUT2D eigenvalue weighted by Crippen LogP contribution is -2.25.